The lowest BCUT2D eigenvalue weighted by Gasteiger charge is -2.35. The summed E-state index contributed by atoms with van der Waals surface area (Å²) in [5, 5.41) is 15.0. The Balaban J connectivity index is 0.00000312. The van der Waals surface area contributed by atoms with Crippen molar-refractivity contribution >= 4 is 29.9 Å². The zero-order chi connectivity index (χ0) is 17.4. The summed E-state index contributed by atoms with van der Waals surface area (Å²) in [5.41, 5.74) is 0. The molecule has 2 heterocycles. The third-order valence-corrected chi connectivity index (χ3v) is 4.57. The third kappa shape index (κ3) is 7.08. The minimum atomic E-state index is 0. The number of aryl methyl sites for hydroxylation is 1. The number of halogens is 1. The Kier molecular flexibility index (Phi) is 10.3. The van der Waals surface area contributed by atoms with E-state index in [0.29, 0.717) is 12.1 Å². The number of guanidine groups is 1. The number of aliphatic imine (C=N–C) groups is 1. The van der Waals surface area contributed by atoms with Gasteiger partial charge < -0.3 is 20.1 Å². The lowest BCUT2D eigenvalue weighted by molar-refractivity contribution is 0.167. The van der Waals surface area contributed by atoms with Crippen molar-refractivity contribution in [3.05, 3.63) is 12.2 Å². The van der Waals surface area contributed by atoms with Crippen molar-refractivity contribution in [2.24, 2.45) is 4.99 Å². The van der Waals surface area contributed by atoms with Crippen molar-refractivity contribution in [3.63, 3.8) is 0 Å². The molecule has 1 aliphatic heterocycles. The summed E-state index contributed by atoms with van der Waals surface area (Å²) in [7, 11) is 0. The van der Waals surface area contributed by atoms with Gasteiger partial charge in [-0.1, -0.05) is 6.92 Å². The van der Waals surface area contributed by atoms with Crippen LogP contribution in [0.25, 0.3) is 0 Å². The third-order valence-electron chi connectivity index (χ3n) is 4.57. The number of likely N-dealkylation sites (tertiary alicyclic amines) is 1. The fourth-order valence-electron chi connectivity index (χ4n) is 3.08. The maximum absolute atomic E-state index is 4.72. The molecule has 144 valence electrons. The van der Waals surface area contributed by atoms with Crippen LogP contribution in [0.2, 0.25) is 0 Å². The normalized spacial score (nSPS) is 16.8. The van der Waals surface area contributed by atoms with E-state index in [9.17, 15) is 0 Å². The van der Waals surface area contributed by atoms with E-state index in [-0.39, 0.29) is 24.0 Å². The van der Waals surface area contributed by atoms with Gasteiger partial charge in [0, 0.05) is 44.7 Å². The number of nitrogens with one attached hydrogen (secondary N) is 2. The van der Waals surface area contributed by atoms with E-state index < -0.39 is 0 Å². The quantitative estimate of drug-likeness (QED) is 0.367. The molecule has 0 radical (unpaired) electrons. The van der Waals surface area contributed by atoms with Crippen LogP contribution >= 0.6 is 24.0 Å². The Hall–Kier alpha value is -0.900. The first-order valence-electron chi connectivity index (χ1n) is 9.29. The van der Waals surface area contributed by atoms with Gasteiger partial charge in [-0.25, -0.2) is 0 Å². The van der Waals surface area contributed by atoms with Crippen LogP contribution in [-0.4, -0.2) is 63.9 Å². The van der Waals surface area contributed by atoms with Gasteiger partial charge in [-0.2, -0.15) is 0 Å². The Morgan fingerprint density at radius 2 is 2.04 bits per heavy atom. The van der Waals surface area contributed by atoms with Gasteiger partial charge >= 0.3 is 0 Å². The van der Waals surface area contributed by atoms with Crippen molar-refractivity contribution < 1.29 is 0 Å². The summed E-state index contributed by atoms with van der Waals surface area (Å²) in [6, 6.07) is 1.16. The van der Waals surface area contributed by atoms with Gasteiger partial charge in [-0.05, 0) is 33.6 Å². The van der Waals surface area contributed by atoms with Gasteiger partial charge in [0.1, 0.15) is 12.2 Å². The van der Waals surface area contributed by atoms with E-state index in [1.54, 1.807) is 6.33 Å². The molecule has 0 atom stereocenters. The van der Waals surface area contributed by atoms with E-state index in [2.05, 4.69) is 58.0 Å². The number of aromatic nitrogens is 3. The molecule has 1 aliphatic rings. The molecule has 1 saturated heterocycles. The van der Waals surface area contributed by atoms with E-state index in [4.69, 9.17) is 4.99 Å². The molecule has 7 nitrogen and oxygen atoms in total. The van der Waals surface area contributed by atoms with Crippen molar-refractivity contribution in [3.8, 4) is 0 Å². The van der Waals surface area contributed by atoms with E-state index in [0.717, 1.165) is 50.9 Å². The molecule has 8 heteroatoms. The fraction of sp³-hybridized carbons (Fsp3) is 0.824. The molecule has 25 heavy (non-hydrogen) atoms. The number of hydrogen-bond acceptors (Lipinski definition) is 4. The highest BCUT2D eigenvalue weighted by atomic mass is 127. The number of hydrogen-bond donors (Lipinski definition) is 2. The Bertz CT molecular complexity index is 507. The smallest absolute Gasteiger partial charge is 0.191 e. The van der Waals surface area contributed by atoms with E-state index in [1.807, 2.05) is 0 Å². The van der Waals surface area contributed by atoms with Crippen LogP contribution < -0.4 is 10.6 Å². The molecule has 0 aromatic carbocycles. The van der Waals surface area contributed by atoms with Crippen molar-refractivity contribution in [2.75, 3.05) is 26.2 Å². The SMILES string of the molecule is CCNC(=NCCn1cnnc1CC)NC1CCN(C(C)C)CC1.I. The van der Waals surface area contributed by atoms with Crippen LogP contribution in [-0.2, 0) is 13.0 Å². The second-order valence-corrected chi connectivity index (χ2v) is 6.60. The van der Waals surface area contributed by atoms with E-state index >= 15 is 0 Å². The van der Waals surface area contributed by atoms with Crippen molar-refractivity contribution in [1.82, 2.24) is 30.3 Å². The zero-order valence-corrected chi connectivity index (χ0v) is 18.4. The van der Waals surface area contributed by atoms with Crippen LogP contribution in [0.15, 0.2) is 11.3 Å². The summed E-state index contributed by atoms with van der Waals surface area (Å²) in [6.07, 6.45) is 5.04. The first-order valence-corrected chi connectivity index (χ1v) is 9.29. The Morgan fingerprint density at radius 1 is 1.32 bits per heavy atom. The molecule has 0 spiro atoms. The van der Waals surface area contributed by atoms with Gasteiger partial charge in [0.2, 0.25) is 0 Å². The monoisotopic (exact) mass is 463 g/mol. The molecule has 0 amide bonds. The second kappa shape index (κ2) is 11.7. The Labute approximate surface area is 169 Å². The highest BCUT2D eigenvalue weighted by Gasteiger charge is 2.21. The van der Waals surface area contributed by atoms with E-state index in [1.165, 1.54) is 12.8 Å². The molecular formula is C17H34IN7. The largest absolute Gasteiger partial charge is 0.357 e. The Morgan fingerprint density at radius 3 is 2.64 bits per heavy atom. The molecule has 1 aromatic rings. The van der Waals surface area contributed by atoms with Crippen LogP contribution in [0.5, 0.6) is 0 Å². The molecule has 0 saturated carbocycles. The zero-order valence-electron chi connectivity index (χ0n) is 16.0. The van der Waals surface area contributed by atoms with Gasteiger partial charge in [0.25, 0.3) is 0 Å². The highest BCUT2D eigenvalue weighted by molar-refractivity contribution is 14.0. The number of nitrogens with zero attached hydrogens (tertiary/aromatic N) is 5. The first kappa shape index (κ1) is 22.1. The van der Waals surface area contributed by atoms with Crippen LogP contribution in [0.4, 0.5) is 0 Å². The summed E-state index contributed by atoms with van der Waals surface area (Å²) in [5.74, 6) is 1.94. The molecule has 1 fully saturated rings. The maximum Gasteiger partial charge on any atom is 0.191 e. The first-order chi connectivity index (χ1) is 11.6. The molecule has 0 aliphatic carbocycles. The minimum Gasteiger partial charge on any atom is -0.357 e. The second-order valence-electron chi connectivity index (χ2n) is 6.60. The summed E-state index contributed by atoms with van der Waals surface area (Å²) >= 11 is 0. The van der Waals surface area contributed by atoms with Gasteiger partial charge in [-0.15, -0.1) is 34.2 Å². The molecule has 2 N–H and O–H groups in total. The van der Waals surface area contributed by atoms with Crippen LogP contribution in [0.3, 0.4) is 0 Å². The lowest BCUT2D eigenvalue weighted by Crippen LogP contribution is -2.49. The highest BCUT2D eigenvalue weighted by Crippen LogP contribution is 2.12. The lowest BCUT2D eigenvalue weighted by atomic mass is 10.0. The topological polar surface area (TPSA) is 70.4 Å². The van der Waals surface area contributed by atoms with Gasteiger partial charge in [0.05, 0.1) is 6.54 Å². The average molecular weight is 463 g/mol. The minimum absolute atomic E-state index is 0. The van der Waals surface area contributed by atoms with Crippen LogP contribution in [0.1, 0.15) is 46.4 Å². The predicted octanol–water partition coefficient (Wildman–Crippen LogP) is 1.89. The van der Waals surface area contributed by atoms with Crippen LogP contribution in [0, 0.1) is 0 Å². The van der Waals surface area contributed by atoms with Crippen molar-refractivity contribution in [1.29, 1.82) is 0 Å². The molecular weight excluding hydrogens is 429 g/mol. The predicted molar refractivity (Wildman–Crippen MR) is 114 cm³/mol. The molecule has 1 aromatic heterocycles. The molecule has 0 bridgehead atoms. The summed E-state index contributed by atoms with van der Waals surface area (Å²) in [6.45, 7) is 13.5. The number of rotatable bonds is 7. The summed E-state index contributed by atoms with van der Waals surface area (Å²) < 4.78 is 2.08. The van der Waals surface area contributed by atoms with Crippen molar-refractivity contribution in [2.45, 2.75) is 65.6 Å². The van der Waals surface area contributed by atoms with Gasteiger partial charge in [-0.3, -0.25) is 4.99 Å². The van der Waals surface area contributed by atoms with Gasteiger partial charge in [0.15, 0.2) is 5.96 Å². The molecule has 0 unspecified atom stereocenters. The maximum atomic E-state index is 4.72. The average Bonchev–Trinajstić information content (AvgIpc) is 3.03. The molecule has 2 rings (SSSR count). The fourth-order valence-corrected chi connectivity index (χ4v) is 3.08. The standard InChI is InChI=1S/C17H33N7.HI/c1-5-16-22-20-13-24(16)12-9-19-17(18-6-2)21-15-7-10-23(11-8-15)14(3)4;/h13-15H,5-12H2,1-4H3,(H2,18,19,21);1H. The summed E-state index contributed by atoms with van der Waals surface area (Å²) in [4.78, 5) is 7.26. The number of piperidine rings is 1.